The number of nitrogens with one attached hydrogen (secondary N) is 1. The predicted octanol–water partition coefficient (Wildman–Crippen LogP) is 0.376. The van der Waals surface area contributed by atoms with Crippen LogP contribution in [0.4, 0.5) is 0 Å². The highest BCUT2D eigenvalue weighted by atomic mass is 16.5. The summed E-state index contributed by atoms with van der Waals surface area (Å²) in [6.07, 6.45) is 2.24. The highest BCUT2D eigenvalue weighted by Gasteiger charge is 2.48. The van der Waals surface area contributed by atoms with Crippen molar-refractivity contribution in [2.75, 3.05) is 26.2 Å². The van der Waals surface area contributed by atoms with Gasteiger partial charge in [0.2, 0.25) is 5.91 Å². The molecule has 1 N–H and O–H groups in total. The van der Waals surface area contributed by atoms with Gasteiger partial charge in [0, 0.05) is 19.1 Å². The molecule has 4 heteroatoms. The maximum absolute atomic E-state index is 11.8. The molecule has 0 atom stereocenters. The van der Waals surface area contributed by atoms with Crippen LogP contribution in [-0.4, -0.2) is 48.7 Å². The van der Waals surface area contributed by atoms with Crippen LogP contribution in [0.15, 0.2) is 0 Å². The Balaban J connectivity index is 1.79. The van der Waals surface area contributed by atoms with Crippen LogP contribution in [0.2, 0.25) is 0 Å². The average molecular weight is 212 g/mol. The lowest BCUT2D eigenvalue weighted by Gasteiger charge is -2.33. The number of ether oxygens (including phenoxy) is 1. The third-order valence-electron chi connectivity index (χ3n) is 3.07. The van der Waals surface area contributed by atoms with Crippen molar-refractivity contribution in [2.24, 2.45) is 0 Å². The third-order valence-corrected chi connectivity index (χ3v) is 3.07. The van der Waals surface area contributed by atoms with Crippen LogP contribution >= 0.6 is 0 Å². The molecule has 0 aromatic rings. The van der Waals surface area contributed by atoms with E-state index in [2.05, 4.69) is 19.2 Å². The van der Waals surface area contributed by atoms with Gasteiger partial charge in [0.1, 0.15) is 0 Å². The summed E-state index contributed by atoms with van der Waals surface area (Å²) in [5.41, 5.74) is 0.0474. The molecule has 1 aliphatic carbocycles. The zero-order valence-electron chi connectivity index (χ0n) is 9.58. The molecule has 2 rings (SSSR count). The van der Waals surface area contributed by atoms with E-state index in [1.54, 1.807) is 0 Å². The summed E-state index contributed by atoms with van der Waals surface area (Å²) in [6, 6.07) is 0.366. The van der Waals surface area contributed by atoms with Gasteiger partial charge in [-0.3, -0.25) is 4.79 Å². The van der Waals surface area contributed by atoms with Crippen molar-refractivity contribution < 1.29 is 9.53 Å². The molecule has 1 spiro atoms. The smallest absolute Gasteiger partial charge is 0.236 e. The fraction of sp³-hybridized carbons (Fsp3) is 0.909. The molecule has 1 amide bonds. The van der Waals surface area contributed by atoms with Gasteiger partial charge in [-0.05, 0) is 12.8 Å². The Kier molecular flexibility index (Phi) is 2.98. The predicted molar refractivity (Wildman–Crippen MR) is 57.6 cm³/mol. The molecule has 4 nitrogen and oxygen atoms in total. The topological polar surface area (TPSA) is 41.6 Å². The molecule has 0 aromatic carbocycles. The number of hydrogen-bond acceptors (Lipinski definition) is 3. The zero-order chi connectivity index (χ0) is 10.9. The van der Waals surface area contributed by atoms with Crippen LogP contribution < -0.4 is 5.32 Å². The van der Waals surface area contributed by atoms with E-state index in [9.17, 15) is 4.79 Å². The molecule has 0 aromatic heterocycles. The van der Waals surface area contributed by atoms with Crippen molar-refractivity contribution in [1.29, 1.82) is 0 Å². The summed E-state index contributed by atoms with van der Waals surface area (Å²) >= 11 is 0. The number of carbonyl (C=O) groups excluding carboxylic acids is 1. The highest BCUT2D eigenvalue weighted by molar-refractivity contribution is 5.78. The van der Waals surface area contributed by atoms with Crippen LogP contribution in [0.5, 0.6) is 0 Å². The number of nitrogens with zero attached hydrogens (tertiary/aromatic N) is 1. The first-order valence-corrected chi connectivity index (χ1v) is 5.76. The minimum Gasteiger partial charge on any atom is -0.371 e. The molecular formula is C11H20N2O2. The number of carbonyl (C=O) groups is 1. The number of hydrogen-bond donors (Lipinski definition) is 1. The fourth-order valence-electron chi connectivity index (χ4n) is 1.90. The molecule has 0 radical (unpaired) electrons. The Morgan fingerprint density at radius 1 is 1.53 bits per heavy atom. The van der Waals surface area contributed by atoms with E-state index in [-0.39, 0.29) is 11.5 Å². The molecule has 1 heterocycles. The number of morpholine rings is 1. The Hall–Kier alpha value is -0.610. The molecule has 1 aliphatic heterocycles. The maximum Gasteiger partial charge on any atom is 0.236 e. The van der Waals surface area contributed by atoms with Gasteiger partial charge in [-0.2, -0.15) is 0 Å². The van der Waals surface area contributed by atoms with Crippen LogP contribution in [0.3, 0.4) is 0 Å². The van der Waals surface area contributed by atoms with Gasteiger partial charge >= 0.3 is 0 Å². The number of amides is 1. The van der Waals surface area contributed by atoms with Gasteiger partial charge in [0.15, 0.2) is 0 Å². The second-order valence-corrected chi connectivity index (χ2v) is 4.88. The number of rotatable bonds is 3. The second-order valence-electron chi connectivity index (χ2n) is 4.88. The molecule has 0 bridgehead atoms. The van der Waals surface area contributed by atoms with Gasteiger partial charge < -0.3 is 15.0 Å². The molecule has 1 saturated carbocycles. The van der Waals surface area contributed by atoms with Crippen molar-refractivity contribution in [3.05, 3.63) is 0 Å². The van der Waals surface area contributed by atoms with Crippen LogP contribution in [0.25, 0.3) is 0 Å². The summed E-state index contributed by atoms with van der Waals surface area (Å²) in [6.45, 7) is 6.80. The van der Waals surface area contributed by atoms with E-state index >= 15 is 0 Å². The third kappa shape index (κ3) is 2.69. The first kappa shape index (κ1) is 10.9. The van der Waals surface area contributed by atoms with E-state index < -0.39 is 0 Å². The lowest BCUT2D eigenvalue weighted by Crippen LogP contribution is -2.50. The second kappa shape index (κ2) is 4.10. The molecule has 0 unspecified atom stereocenters. The van der Waals surface area contributed by atoms with Gasteiger partial charge in [0.25, 0.3) is 0 Å². The van der Waals surface area contributed by atoms with E-state index in [4.69, 9.17) is 4.74 Å². The lowest BCUT2D eigenvalue weighted by molar-refractivity contribution is -0.139. The monoisotopic (exact) mass is 212 g/mol. The van der Waals surface area contributed by atoms with Crippen LogP contribution in [0.1, 0.15) is 26.7 Å². The van der Waals surface area contributed by atoms with Crippen molar-refractivity contribution in [1.82, 2.24) is 10.2 Å². The summed E-state index contributed by atoms with van der Waals surface area (Å²) in [7, 11) is 0. The summed E-state index contributed by atoms with van der Waals surface area (Å²) < 4.78 is 5.67. The van der Waals surface area contributed by atoms with Crippen molar-refractivity contribution in [2.45, 2.75) is 38.3 Å². The summed E-state index contributed by atoms with van der Waals surface area (Å²) in [4.78, 5) is 13.8. The summed E-state index contributed by atoms with van der Waals surface area (Å²) in [5, 5.41) is 3.16. The molecule has 15 heavy (non-hydrogen) atoms. The Labute approximate surface area is 91.0 Å². The summed E-state index contributed by atoms with van der Waals surface area (Å²) in [5.74, 6) is 0.207. The standard InChI is InChI=1S/C11H20N2O2/c1-9(2)12-7-10(14)13-5-6-15-11(8-13)3-4-11/h9,12H,3-8H2,1-2H3. The quantitative estimate of drug-likeness (QED) is 0.735. The Morgan fingerprint density at radius 3 is 2.87 bits per heavy atom. The van der Waals surface area contributed by atoms with Crippen LogP contribution in [0, 0.1) is 0 Å². The lowest BCUT2D eigenvalue weighted by atomic mass is 10.2. The van der Waals surface area contributed by atoms with E-state index in [0.29, 0.717) is 19.2 Å². The van der Waals surface area contributed by atoms with Crippen molar-refractivity contribution >= 4 is 5.91 Å². The zero-order valence-corrected chi connectivity index (χ0v) is 9.58. The maximum atomic E-state index is 11.8. The van der Waals surface area contributed by atoms with Crippen molar-refractivity contribution in [3.63, 3.8) is 0 Å². The SMILES string of the molecule is CC(C)NCC(=O)N1CCOC2(CC2)C1. The highest BCUT2D eigenvalue weighted by Crippen LogP contribution is 2.41. The van der Waals surface area contributed by atoms with E-state index in [1.807, 2.05) is 4.90 Å². The first-order chi connectivity index (χ1) is 7.11. The molecular weight excluding hydrogens is 192 g/mol. The van der Waals surface area contributed by atoms with Gasteiger partial charge in [-0.25, -0.2) is 0 Å². The Morgan fingerprint density at radius 2 is 2.27 bits per heavy atom. The molecule has 2 fully saturated rings. The van der Waals surface area contributed by atoms with Gasteiger partial charge in [0.05, 0.1) is 18.8 Å². The minimum atomic E-state index is 0.0474. The van der Waals surface area contributed by atoms with Gasteiger partial charge in [-0.15, -0.1) is 0 Å². The van der Waals surface area contributed by atoms with Gasteiger partial charge in [-0.1, -0.05) is 13.8 Å². The van der Waals surface area contributed by atoms with Crippen LogP contribution in [-0.2, 0) is 9.53 Å². The van der Waals surface area contributed by atoms with E-state index in [1.165, 1.54) is 0 Å². The Bertz CT molecular complexity index is 249. The van der Waals surface area contributed by atoms with E-state index in [0.717, 1.165) is 25.9 Å². The molecule has 1 saturated heterocycles. The minimum absolute atomic E-state index is 0.0474. The fourth-order valence-corrected chi connectivity index (χ4v) is 1.90. The molecule has 2 aliphatic rings. The first-order valence-electron chi connectivity index (χ1n) is 5.76. The normalized spacial score (nSPS) is 23.5. The average Bonchev–Trinajstić information content (AvgIpc) is 2.94. The van der Waals surface area contributed by atoms with Crippen molar-refractivity contribution in [3.8, 4) is 0 Å². The molecule has 86 valence electrons. The largest absolute Gasteiger partial charge is 0.371 e.